The molecule has 23 heavy (non-hydrogen) atoms. The maximum absolute atomic E-state index is 12.8. The van der Waals surface area contributed by atoms with E-state index in [4.69, 9.17) is 0 Å². The quantitative estimate of drug-likeness (QED) is 0.695. The minimum absolute atomic E-state index is 0.116. The zero-order valence-corrected chi connectivity index (χ0v) is 13.1. The largest absolute Gasteiger partial charge is 0.348 e. The van der Waals surface area contributed by atoms with E-state index >= 15 is 0 Å². The van der Waals surface area contributed by atoms with Gasteiger partial charge in [-0.15, -0.1) is 0 Å². The minimum Gasteiger partial charge on any atom is -0.289 e. The van der Waals surface area contributed by atoms with Crippen LogP contribution in [0.15, 0.2) is 59.4 Å². The van der Waals surface area contributed by atoms with E-state index in [1.54, 1.807) is 0 Å². The average Bonchev–Trinajstić information content (AvgIpc) is 2.62. The van der Waals surface area contributed by atoms with Crippen LogP contribution in [0.3, 0.4) is 0 Å². The van der Waals surface area contributed by atoms with Gasteiger partial charge in [-0.2, -0.15) is 4.98 Å². The topological polar surface area (TPSA) is 34.9 Å². The minimum atomic E-state index is -0.116. The smallest absolute Gasteiger partial charge is 0.289 e. The van der Waals surface area contributed by atoms with Crippen molar-refractivity contribution in [3.63, 3.8) is 0 Å². The van der Waals surface area contributed by atoms with Gasteiger partial charge in [0, 0.05) is 17.0 Å². The molecule has 1 aromatic heterocycles. The molecule has 1 saturated carbocycles. The van der Waals surface area contributed by atoms with Crippen molar-refractivity contribution in [3.05, 3.63) is 65.1 Å². The molecule has 3 aromatic rings. The second kappa shape index (κ2) is 5.99. The second-order valence-electron chi connectivity index (χ2n) is 6.29. The number of para-hydroxylation sites is 1. The van der Waals surface area contributed by atoms with Crippen LogP contribution in [0.2, 0.25) is 0 Å². The first-order valence-corrected chi connectivity index (χ1v) is 8.41. The predicted molar refractivity (Wildman–Crippen MR) is 93.6 cm³/mol. The number of benzene rings is 2. The number of hydrogen-bond acceptors (Lipinski definition) is 2. The van der Waals surface area contributed by atoms with Crippen LogP contribution in [0.4, 0.5) is 0 Å². The van der Waals surface area contributed by atoms with Gasteiger partial charge in [-0.1, -0.05) is 67.8 Å². The molecule has 2 aromatic carbocycles. The number of aromatic nitrogens is 2. The lowest BCUT2D eigenvalue weighted by atomic mass is 9.94. The fraction of sp³-hybridized carbons (Fsp3) is 0.300. The summed E-state index contributed by atoms with van der Waals surface area (Å²) in [6.45, 7) is 0. The standard InChI is InChI=1S/C20H20N2O/c23-20-21-19(15-9-3-1-4-10-15)17-13-7-8-14-18(17)22(20)16-11-5-2-6-12-16/h1,3-4,7-10,13-14,16H,2,5-6,11-12H2. The van der Waals surface area contributed by atoms with Crippen LogP contribution in [0, 0.1) is 0 Å². The fourth-order valence-electron chi connectivity index (χ4n) is 3.70. The molecule has 4 rings (SSSR count). The predicted octanol–water partition coefficient (Wildman–Crippen LogP) is 4.57. The van der Waals surface area contributed by atoms with Crippen molar-refractivity contribution < 1.29 is 0 Å². The van der Waals surface area contributed by atoms with E-state index < -0.39 is 0 Å². The first-order chi connectivity index (χ1) is 11.3. The van der Waals surface area contributed by atoms with Gasteiger partial charge < -0.3 is 0 Å². The Labute approximate surface area is 135 Å². The average molecular weight is 304 g/mol. The highest BCUT2D eigenvalue weighted by molar-refractivity contribution is 5.92. The maximum Gasteiger partial charge on any atom is 0.348 e. The Hall–Kier alpha value is -2.42. The van der Waals surface area contributed by atoms with Crippen LogP contribution in [0.1, 0.15) is 38.1 Å². The van der Waals surface area contributed by atoms with Crippen molar-refractivity contribution in [2.75, 3.05) is 0 Å². The van der Waals surface area contributed by atoms with Gasteiger partial charge in [-0.05, 0) is 18.9 Å². The summed E-state index contributed by atoms with van der Waals surface area (Å²) in [6, 6.07) is 18.4. The molecular formula is C20H20N2O. The summed E-state index contributed by atoms with van der Waals surface area (Å²) >= 11 is 0. The van der Waals surface area contributed by atoms with Gasteiger partial charge in [0.1, 0.15) is 0 Å². The molecule has 0 N–H and O–H groups in total. The zero-order chi connectivity index (χ0) is 15.6. The van der Waals surface area contributed by atoms with Crippen molar-refractivity contribution >= 4 is 10.9 Å². The normalized spacial score (nSPS) is 15.8. The van der Waals surface area contributed by atoms with Crippen molar-refractivity contribution in [3.8, 4) is 11.3 Å². The SMILES string of the molecule is O=c1nc(-c2ccccc2)c2ccccc2n1C1CCCCC1. The van der Waals surface area contributed by atoms with E-state index in [1.165, 1.54) is 19.3 Å². The van der Waals surface area contributed by atoms with E-state index in [9.17, 15) is 4.79 Å². The van der Waals surface area contributed by atoms with Gasteiger partial charge in [0.15, 0.2) is 0 Å². The van der Waals surface area contributed by atoms with Crippen LogP contribution in [-0.2, 0) is 0 Å². The molecule has 0 atom stereocenters. The van der Waals surface area contributed by atoms with Crippen molar-refractivity contribution in [1.29, 1.82) is 0 Å². The Balaban J connectivity index is 1.97. The van der Waals surface area contributed by atoms with E-state index in [0.717, 1.165) is 35.0 Å². The molecule has 0 radical (unpaired) electrons. The summed E-state index contributed by atoms with van der Waals surface area (Å²) in [5.74, 6) is 0. The second-order valence-corrected chi connectivity index (χ2v) is 6.29. The van der Waals surface area contributed by atoms with Gasteiger partial charge in [0.25, 0.3) is 0 Å². The Bertz CT molecular complexity index is 877. The summed E-state index contributed by atoms with van der Waals surface area (Å²) in [5, 5.41) is 1.06. The van der Waals surface area contributed by atoms with Crippen LogP contribution in [0.5, 0.6) is 0 Å². The van der Waals surface area contributed by atoms with Crippen LogP contribution >= 0.6 is 0 Å². The number of hydrogen-bond donors (Lipinski definition) is 0. The summed E-state index contributed by atoms with van der Waals surface area (Å²) < 4.78 is 1.93. The monoisotopic (exact) mass is 304 g/mol. The van der Waals surface area contributed by atoms with Crippen molar-refractivity contribution in [1.82, 2.24) is 9.55 Å². The number of nitrogens with zero attached hydrogens (tertiary/aromatic N) is 2. The molecule has 3 nitrogen and oxygen atoms in total. The van der Waals surface area contributed by atoms with E-state index in [-0.39, 0.29) is 5.69 Å². The summed E-state index contributed by atoms with van der Waals surface area (Å²) in [7, 11) is 0. The summed E-state index contributed by atoms with van der Waals surface area (Å²) in [4.78, 5) is 17.2. The zero-order valence-electron chi connectivity index (χ0n) is 13.1. The lowest BCUT2D eigenvalue weighted by Crippen LogP contribution is -2.29. The fourth-order valence-corrected chi connectivity index (χ4v) is 3.70. The van der Waals surface area contributed by atoms with Gasteiger partial charge in [0.05, 0.1) is 11.2 Å². The molecule has 0 amide bonds. The number of fused-ring (bicyclic) bond motifs is 1. The first-order valence-electron chi connectivity index (χ1n) is 8.41. The lowest BCUT2D eigenvalue weighted by molar-refractivity contribution is 0.351. The highest BCUT2D eigenvalue weighted by atomic mass is 16.1. The molecule has 1 aliphatic rings. The van der Waals surface area contributed by atoms with Crippen LogP contribution in [0.25, 0.3) is 22.2 Å². The van der Waals surface area contributed by atoms with E-state index in [2.05, 4.69) is 17.1 Å². The number of rotatable bonds is 2. The maximum atomic E-state index is 12.8. The van der Waals surface area contributed by atoms with Crippen molar-refractivity contribution in [2.24, 2.45) is 0 Å². The molecule has 0 spiro atoms. The molecule has 0 bridgehead atoms. The van der Waals surface area contributed by atoms with Crippen LogP contribution < -0.4 is 5.69 Å². The Morgan fingerprint density at radius 2 is 1.57 bits per heavy atom. The van der Waals surface area contributed by atoms with Gasteiger partial charge in [0.2, 0.25) is 0 Å². The third-order valence-corrected chi connectivity index (χ3v) is 4.82. The molecule has 1 aliphatic carbocycles. The van der Waals surface area contributed by atoms with Crippen molar-refractivity contribution in [2.45, 2.75) is 38.1 Å². The summed E-state index contributed by atoms with van der Waals surface area (Å²) in [6.07, 6.45) is 5.84. The molecule has 116 valence electrons. The lowest BCUT2D eigenvalue weighted by Gasteiger charge is -2.25. The Morgan fingerprint density at radius 1 is 0.870 bits per heavy atom. The van der Waals surface area contributed by atoms with E-state index in [0.29, 0.717) is 6.04 Å². The third kappa shape index (κ3) is 2.56. The molecule has 3 heteroatoms. The first kappa shape index (κ1) is 14.2. The molecule has 0 aliphatic heterocycles. The highest BCUT2D eigenvalue weighted by Crippen LogP contribution is 2.31. The Kier molecular flexibility index (Phi) is 3.70. The molecule has 1 fully saturated rings. The molecule has 0 saturated heterocycles. The summed E-state index contributed by atoms with van der Waals surface area (Å²) in [5.41, 5.74) is 2.68. The van der Waals surface area contributed by atoms with Gasteiger partial charge in [-0.3, -0.25) is 4.57 Å². The highest BCUT2D eigenvalue weighted by Gasteiger charge is 2.20. The third-order valence-electron chi connectivity index (χ3n) is 4.82. The van der Waals surface area contributed by atoms with Crippen LogP contribution in [-0.4, -0.2) is 9.55 Å². The molecule has 0 unspecified atom stereocenters. The molecular weight excluding hydrogens is 284 g/mol. The van der Waals surface area contributed by atoms with E-state index in [1.807, 2.05) is 47.0 Å². The van der Waals surface area contributed by atoms with Gasteiger partial charge in [-0.25, -0.2) is 4.79 Å². The van der Waals surface area contributed by atoms with Gasteiger partial charge >= 0.3 is 5.69 Å². The Morgan fingerprint density at radius 3 is 2.35 bits per heavy atom. The molecule has 1 heterocycles.